The second-order valence-corrected chi connectivity index (χ2v) is 5.33. The van der Waals surface area contributed by atoms with Crippen LogP contribution in [0.1, 0.15) is 29.9 Å². The first-order chi connectivity index (χ1) is 10.6. The van der Waals surface area contributed by atoms with E-state index in [0.29, 0.717) is 30.3 Å². The number of aromatic nitrogens is 1. The third kappa shape index (κ3) is 4.55. The maximum Gasteiger partial charge on any atom is 0.269 e. The molecule has 0 bridgehead atoms. The van der Waals surface area contributed by atoms with Crippen LogP contribution < -0.4 is 10.6 Å². The molecule has 5 heteroatoms. The molecular weight excluding hydrogens is 281 g/mol. The first kappa shape index (κ1) is 15.9. The molecule has 0 aliphatic heterocycles. The van der Waals surface area contributed by atoms with Crippen LogP contribution in [-0.2, 0) is 6.42 Å². The molecule has 0 unspecified atom stereocenters. The van der Waals surface area contributed by atoms with E-state index in [1.54, 1.807) is 30.5 Å². The van der Waals surface area contributed by atoms with E-state index in [9.17, 15) is 9.18 Å². The summed E-state index contributed by atoms with van der Waals surface area (Å²) < 4.78 is 13.5. The molecule has 22 heavy (non-hydrogen) atoms. The molecule has 0 fully saturated rings. The Morgan fingerprint density at radius 1 is 1.23 bits per heavy atom. The van der Waals surface area contributed by atoms with Crippen LogP contribution in [0.3, 0.4) is 0 Å². The van der Waals surface area contributed by atoms with Gasteiger partial charge in [0.05, 0.1) is 11.9 Å². The zero-order valence-electron chi connectivity index (χ0n) is 12.8. The third-order valence-electron chi connectivity index (χ3n) is 3.09. The van der Waals surface area contributed by atoms with Crippen molar-refractivity contribution in [2.75, 3.05) is 11.9 Å². The van der Waals surface area contributed by atoms with E-state index in [2.05, 4.69) is 15.6 Å². The molecule has 1 amide bonds. The first-order valence-corrected chi connectivity index (χ1v) is 7.30. The number of hydrogen-bond acceptors (Lipinski definition) is 3. The SMILES string of the molecule is CC(C)Nc1ccc(C(=O)NCCc2ccccc2F)nc1. The van der Waals surface area contributed by atoms with Crippen molar-refractivity contribution in [1.29, 1.82) is 0 Å². The van der Waals surface area contributed by atoms with Crippen LogP contribution in [0.2, 0.25) is 0 Å². The molecule has 0 spiro atoms. The summed E-state index contributed by atoms with van der Waals surface area (Å²) in [7, 11) is 0. The lowest BCUT2D eigenvalue weighted by molar-refractivity contribution is 0.0949. The maximum atomic E-state index is 13.5. The number of carbonyl (C=O) groups excluding carboxylic acids is 1. The number of anilines is 1. The summed E-state index contributed by atoms with van der Waals surface area (Å²) in [6, 6.07) is 10.4. The molecule has 1 aromatic carbocycles. The maximum absolute atomic E-state index is 13.5. The summed E-state index contributed by atoms with van der Waals surface area (Å²) in [6.45, 7) is 4.43. The van der Waals surface area contributed by atoms with Gasteiger partial charge in [0, 0.05) is 12.6 Å². The van der Waals surface area contributed by atoms with Gasteiger partial charge in [-0.2, -0.15) is 0 Å². The average Bonchev–Trinajstić information content (AvgIpc) is 2.49. The zero-order valence-corrected chi connectivity index (χ0v) is 12.8. The van der Waals surface area contributed by atoms with Crippen molar-refractivity contribution in [2.45, 2.75) is 26.3 Å². The molecule has 1 aromatic heterocycles. The third-order valence-corrected chi connectivity index (χ3v) is 3.09. The Balaban J connectivity index is 1.86. The van der Waals surface area contributed by atoms with E-state index < -0.39 is 0 Å². The van der Waals surface area contributed by atoms with E-state index in [0.717, 1.165) is 5.69 Å². The summed E-state index contributed by atoms with van der Waals surface area (Å²) in [6.07, 6.45) is 2.08. The van der Waals surface area contributed by atoms with Gasteiger partial charge in [0.1, 0.15) is 11.5 Å². The minimum atomic E-state index is -0.257. The minimum absolute atomic E-state index is 0.251. The van der Waals surface area contributed by atoms with E-state index in [4.69, 9.17) is 0 Å². The fourth-order valence-corrected chi connectivity index (χ4v) is 2.05. The van der Waals surface area contributed by atoms with Crippen molar-refractivity contribution in [3.05, 3.63) is 59.7 Å². The molecule has 0 saturated heterocycles. The lowest BCUT2D eigenvalue weighted by Gasteiger charge is -2.10. The lowest BCUT2D eigenvalue weighted by atomic mass is 10.1. The Labute approximate surface area is 129 Å². The molecule has 0 aliphatic carbocycles. The first-order valence-electron chi connectivity index (χ1n) is 7.30. The van der Waals surface area contributed by atoms with Gasteiger partial charge >= 0.3 is 0 Å². The van der Waals surface area contributed by atoms with E-state index in [-0.39, 0.29) is 11.7 Å². The van der Waals surface area contributed by atoms with Crippen molar-refractivity contribution in [3.63, 3.8) is 0 Å². The molecule has 1 heterocycles. The Kier molecular flexibility index (Phi) is 5.47. The Bertz CT molecular complexity index is 626. The van der Waals surface area contributed by atoms with Crippen molar-refractivity contribution in [2.24, 2.45) is 0 Å². The second-order valence-electron chi connectivity index (χ2n) is 5.33. The lowest BCUT2D eigenvalue weighted by Crippen LogP contribution is -2.26. The number of benzene rings is 1. The molecule has 2 rings (SSSR count). The van der Waals surface area contributed by atoms with Crippen molar-refractivity contribution in [1.82, 2.24) is 10.3 Å². The highest BCUT2D eigenvalue weighted by Crippen LogP contribution is 2.08. The smallest absolute Gasteiger partial charge is 0.269 e. The molecule has 0 saturated carbocycles. The van der Waals surface area contributed by atoms with Crippen LogP contribution in [0.5, 0.6) is 0 Å². The summed E-state index contributed by atoms with van der Waals surface area (Å²) in [5, 5.41) is 5.95. The predicted molar refractivity (Wildman–Crippen MR) is 85.4 cm³/mol. The van der Waals surface area contributed by atoms with Gasteiger partial charge in [0.15, 0.2) is 0 Å². The fraction of sp³-hybridized carbons (Fsp3) is 0.294. The number of rotatable bonds is 6. The van der Waals surface area contributed by atoms with Crippen LogP contribution in [0.4, 0.5) is 10.1 Å². The molecular formula is C17H20FN3O. The Hall–Kier alpha value is -2.43. The molecule has 2 N–H and O–H groups in total. The van der Waals surface area contributed by atoms with E-state index in [1.807, 2.05) is 19.9 Å². The standard InChI is InChI=1S/C17H20FN3O/c1-12(2)21-14-7-8-16(20-11-14)17(22)19-10-9-13-5-3-4-6-15(13)18/h3-8,11-12,21H,9-10H2,1-2H3,(H,19,22). The number of amides is 1. The number of carbonyl (C=O) groups is 1. The number of hydrogen-bond donors (Lipinski definition) is 2. The Morgan fingerprint density at radius 3 is 2.64 bits per heavy atom. The average molecular weight is 301 g/mol. The summed E-state index contributed by atoms with van der Waals surface area (Å²) in [5.74, 6) is -0.508. The van der Waals surface area contributed by atoms with Gasteiger partial charge in [-0.05, 0) is 44.0 Å². The van der Waals surface area contributed by atoms with Crippen molar-refractivity contribution >= 4 is 11.6 Å². The quantitative estimate of drug-likeness (QED) is 0.862. The largest absolute Gasteiger partial charge is 0.382 e. The monoisotopic (exact) mass is 301 g/mol. The van der Waals surface area contributed by atoms with Crippen LogP contribution in [-0.4, -0.2) is 23.5 Å². The van der Waals surface area contributed by atoms with Crippen molar-refractivity contribution < 1.29 is 9.18 Å². The summed E-state index contributed by atoms with van der Waals surface area (Å²) in [5.41, 5.74) is 1.81. The second kappa shape index (κ2) is 7.54. The van der Waals surface area contributed by atoms with Crippen LogP contribution >= 0.6 is 0 Å². The van der Waals surface area contributed by atoms with Crippen LogP contribution in [0.25, 0.3) is 0 Å². The molecule has 0 radical (unpaired) electrons. The Morgan fingerprint density at radius 2 is 2.00 bits per heavy atom. The number of pyridine rings is 1. The molecule has 2 aromatic rings. The predicted octanol–water partition coefficient (Wildman–Crippen LogP) is 3.01. The van der Waals surface area contributed by atoms with Gasteiger partial charge < -0.3 is 10.6 Å². The van der Waals surface area contributed by atoms with Gasteiger partial charge in [-0.15, -0.1) is 0 Å². The fourth-order valence-electron chi connectivity index (χ4n) is 2.05. The highest BCUT2D eigenvalue weighted by molar-refractivity contribution is 5.92. The molecule has 116 valence electrons. The number of nitrogens with one attached hydrogen (secondary N) is 2. The van der Waals surface area contributed by atoms with E-state index >= 15 is 0 Å². The van der Waals surface area contributed by atoms with Crippen molar-refractivity contribution in [3.8, 4) is 0 Å². The normalized spacial score (nSPS) is 10.5. The van der Waals surface area contributed by atoms with Gasteiger partial charge in [-0.1, -0.05) is 18.2 Å². The van der Waals surface area contributed by atoms with Gasteiger partial charge in [-0.25, -0.2) is 9.37 Å². The van der Waals surface area contributed by atoms with Gasteiger partial charge in [0.25, 0.3) is 5.91 Å². The number of halogens is 1. The van der Waals surface area contributed by atoms with E-state index in [1.165, 1.54) is 6.07 Å². The highest BCUT2D eigenvalue weighted by Gasteiger charge is 2.07. The highest BCUT2D eigenvalue weighted by atomic mass is 19.1. The molecule has 0 aliphatic rings. The topological polar surface area (TPSA) is 54.0 Å². The molecule has 0 atom stereocenters. The summed E-state index contributed by atoms with van der Waals surface area (Å²) in [4.78, 5) is 16.1. The summed E-state index contributed by atoms with van der Waals surface area (Å²) >= 11 is 0. The minimum Gasteiger partial charge on any atom is -0.382 e. The molecule has 4 nitrogen and oxygen atoms in total. The van der Waals surface area contributed by atoms with Gasteiger partial charge in [0.2, 0.25) is 0 Å². The zero-order chi connectivity index (χ0) is 15.9. The van der Waals surface area contributed by atoms with Crippen LogP contribution in [0, 0.1) is 5.82 Å². The van der Waals surface area contributed by atoms with Crippen LogP contribution in [0.15, 0.2) is 42.6 Å². The number of nitrogens with zero attached hydrogens (tertiary/aromatic N) is 1. The van der Waals surface area contributed by atoms with Gasteiger partial charge in [-0.3, -0.25) is 4.79 Å².